The van der Waals surface area contributed by atoms with E-state index in [1.54, 1.807) is 19.1 Å². The first kappa shape index (κ1) is 27.2. The van der Waals surface area contributed by atoms with Gasteiger partial charge in [-0.3, -0.25) is 14.4 Å². The Labute approximate surface area is 210 Å². The van der Waals surface area contributed by atoms with Gasteiger partial charge in [0.2, 0.25) is 11.8 Å². The van der Waals surface area contributed by atoms with E-state index in [1.165, 1.54) is 0 Å². The van der Waals surface area contributed by atoms with Gasteiger partial charge in [-0.15, -0.1) is 0 Å². The predicted octanol–water partition coefficient (Wildman–Crippen LogP) is 3.77. The fourth-order valence-corrected chi connectivity index (χ4v) is 5.08. The van der Waals surface area contributed by atoms with Gasteiger partial charge in [0.05, 0.1) is 12.6 Å². The second kappa shape index (κ2) is 12.5. The molecule has 0 aliphatic carbocycles. The Kier molecular flexibility index (Phi) is 9.72. The molecule has 0 unspecified atom stereocenters. The van der Waals surface area contributed by atoms with Crippen molar-refractivity contribution in [1.29, 1.82) is 0 Å². The zero-order chi connectivity index (χ0) is 25.5. The van der Waals surface area contributed by atoms with Crippen molar-refractivity contribution in [3.05, 3.63) is 29.8 Å². The minimum atomic E-state index is -0.388. The summed E-state index contributed by atoms with van der Waals surface area (Å²) in [6, 6.07) is 6.71. The molecule has 2 heterocycles. The molecule has 7 heteroatoms. The van der Waals surface area contributed by atoms with E-state index in [0.29, 0.717) is 61.7 Å². The van der Waals surface area contributed by atoms with Gasteiger partial charge in [-0.1, -0.05) is 39.8 Å². The van der Waals surface area contributed by atoms with Crippen molar-refractivity contribution in [2.45, 2.75) is 72.4 Å². The number of piperidine rings is 1. The standard InChI is InChI=1S/C28H43N3O4/c1-19(2)15-25-27(33)31(14-11-29-25)26(16-20(3)4)28(34)30-12-9-22(10-13-30)18-35-24-8-6-7-23(17-24)21(5)32/h6-8,17,19-20,22,25-26,29H,9-16,18H2,1-5H3/t25-,26-/m0/s1. The molecule has 2 atom stereocenters. The third kappa shape index (κ3) is 7.53. The molecule has 2 fully saturated rings. The van der Waals surface area contributed by atoms with Gasteiger partial charge >= 0.3 is 0 Å². The zero-order valence-electron chi connectivity index (χ0n) is 22.1. The first-order chi connectivity index (χ1) is 16.7. The van der Waals surface area contributed by atoms with Crippen LogP contribution in [0.15, 0.2) is 24.3 Å². The van der Waals surface area contributed by atoms with E-state index in [0.717, 1.165) is 25.8 Å². The van der Waals surface area contributed by atoms with Crippen LogP contribution in [0.25, 0.3) is 0 Å². The molecular formula is C28H43N3O4. The first-order valence-electron chi connectivity index (χ1n) is 13.2. The summed E-state index contributed by atoms with van der Waals surface area (Å²) in [5, 5.41) is 3.35. The number of carbonyl (C=O) groups is 3. The molecule has 35 heavy (non-hydrogen) atoms. The molecule has 3 rings (SSSR count). The summed E-state index contributed by atoms with van der Waals surface area (Å²) in [5.41, 5.74) is 0.650. The van der Waals surface area contributed by atoms with Crippen molar-refractivity contribution in [3.8, 4) is 5.75 Å². The van der Waals surface area contributed by atoms with Gasteiger partial charge in [0, 0.05) is 31.7 Å². The number of nitrogens with zero attached hydrogens (tertiary/aromatic N) is 2. The summed E-state index contributed by atoms with van der Waals surface area (Å²) in [6.07, 6.45) is 3.23. The van der Waals surface area contributed by atoms with E-state index in [9.17, 15) is 14.4 Å². The molecule has 2 aliphatic rings. The molecule has 2 saturated heterocycles. The lowest BCUT2D eigenvalue weighted by Crippen LogP contribution is -2.62. The number of Topliss-reactive ketones (excluding diaryl/α,β-unsaturated/α-hetero) is 1. The topological polar surface area (TPSA) is 79.0 Å². The van der Waals surface area contributed by atoms with Crippen molar-refractivity contribution in [2.24, 2.45) is 17.8 Å². The third-order valence-corrected chi connectivity index (χ3v) is 7.04. The third-order valence-electron chi connectivity index (χ3n) is 7.04. The normalized spacial score (nSPS) is 20.4. The van der Waals surface area contributed by atoms with Crippen LogP contribution >= 0.6 is 0 Å². The highest BCUT2D eigenvalue weighted by Crippen LogP contribution is 2.24. The molecule has 194 valence electrons. The number of piperazine rings is 1. The van der Waals surface area contributed by atoms with Crippen LogP contribution in [0.4, 0.5) is 0 Å². The maximum Gasteiger partial charge on any atom is 0.245 e. The van der Waals surface area contributed by atoms with Gasteiger partial charge in [0.1, 0.15) is 11.8 Å². The average Bonchev–Trinajstić information content (AvgIpc) is 2.82. The number of carbonyl (C=O) groups excluding carboxylic acids is 3. The van der Waals surface area contributed by atoms with Crippen LogP contribution in [-0.4, -0.2) is 72.3 Å². The van der Waals surface area contributed by atoms with Crippen LogP contribution in [0.2, 0.25) is 0 Å². The maximum atomic E-state index is 13.6. The molecule has 1 N–H and O–H groups in total. The maximum absolute atomic E-state index is 13.6. The number of benzene rings is 1. The Morgan fingerprint density at radius 2 is 1.80 bits per heavy atom. The lowest BCUT2D eigenvalue weighted by molar-refractivity contribution is -0.150. The van der Waals surface area contributed by atoms with Gasteiger partial charge in [-0.2, -0.15) is 0 Å². The number of hydrogen-bond acceptors (Lipinski definition) is 5. The van der Waals surface area contributed by atoms with Crippen LogP contribution in [-0.2, 0) is 9.59 Å². The fraction of sp³-hybridized carbons (Fsp3) is 0.679. The zero-order valence-corrected chi connectivity index (χ0v) is 22.1. The Balaban J connectivity index is 1.57. The lowest BCUT2D eigenvalue weighted by atomic mass is 9.94. The number of ether oxygens (including phenoxy) is 1. The molecule has 2 aliphatic heterocycles. The van der Waals surface area contributed by atoms with Crippen molar-refractivity contribution in [2.75, 3.05) is 32.8 Å². The second-order valence-corrected chi connectivity index (χ2v) is 11.0. The summed E-state index contributed by atoms with van der Waals surface area (Å²) >= 11 is 0. The highest BCUT2D eigenvalue weighted by Gasteiger charge is 2.39. The van der Waals surface area contributed by atoms with E-state index in [1.807, 2.05) is 21.9 Å². The van der Waals surface area contributed by atoms with Crippen molar-refractivity contribution >= 4 is 17.6 Å². The molecule has 2 amide bonds. The molecule has 0 spiro atoms. The Bertz CT molecular complexity index is 877. The predicted molar refractivity (Wildman–Crippen MR) is 137 cm³/mol. The molecule has 0 radical (unpaired) electrons. The van der Waals surface area contributed by atoms with E-state index < -0.39 is 0 Å². The first-order valence-corrected chi connectivity index (χ1v) is 13.2. The van der Waals surface area contributed by atoms with Gasteiger partial charge in [0.15, 0.2) is 5.78 Å². The van der Waals surface area contributed by atoms with Crippen molar-refractivity contribution in [3.63, 3.8) is 0 Å². The van der Waals surface area contributed by atoms with Gasteiger partial charge < -0.3 is 19.9 Å². The molecule has 1 aromatic rings. The van der Waals surface area contributed by atoms with E-state index in [2.05, 4.69) is 33.0 Å². The fourth-order valence-electron chi connectivity index (χ4n) is 5.08. The number of rotatable bonds is 10. The summed E-state index contributed by atoms with van der Waals surface area (Å²) in [6.45, 7) is 13.3. The number of amides is 2. The SMILES string of the molecule is CC(=O)c1cccc(OCC2CCN(C(=O)[C@H](CC(C)C)N3CCN[C@@H](CC(C)C)C3=O)CC2)c1. The minimum absolute atomic E-state index is 0.0247. The largest absolute Gasteiger partial charge is 0.493 e. The summed E-state index contributed by atoms with van der Waals surface area (Å²) in [7, 11) is 0. The molecule has 0 bridgehead atoms. The average molecular weight is 486 g/mol. The van der Waals surface area contributed by atoms with Crippen molar-refractivity contribution < 1.29 is 19.1 Å². The van der Waals surface area contributed by atoms with Crippen LogP contribution in [0.1, 0.15) is 70.7 Å². The van der Waals surface area contributed by atoms with Gasteiger partial charge in [-0.05, 0) is 62.5 Å². The smallest absolute Gasteiger partial charge is 0.245 e. The molecule has 0 saturated carbocycles. The van der Waals surface area contributed by atoms with Crippen LogP contribution in [0.3, 0.4) is 0 Å². The number of hydrogen-bond donors (Lipinski definition) is 1. The Hall–Kier alpha value is -2.41. The molecule has 7 nitrogen and oxygen atoms in total. The monoisotopic (exact) mass is 485 g/mol. The summed E-state index contributed by atoms with van der Waals surface area (Å²) < 4.78 is 5.97. The Morgan fingerprint density at radius 3 is 2.43 bits per heavy atom. The molecule has 1 aromatic carbocycles. The number of nitrogens with one attached hydrogen (secondary N) is 1. The lowest BCUT2D eigenvalue weighted by Gasteiger charge is -2.42. The molecular weight excluding hydrogens is 442 g/mol. The number of likely N-dealkylation sites (tertiary alicyclic amines) is 1. The van der Waals surface area contributed by atoms with Crippen molar-refractivity contribution in [1.82, 2.24) is 15.1 Å². The van der Waals surface area contributed by atoms with E-state index >= 15 is 0 Å². The minimum Gasteiger partial charge on any atom is -0.493 e. The highest BCUT2D eigenvalue weighted by atomic mass is 16.5. The van der Waals surface area contributed by atoms with E-state index in [4.69, 9.17) is 4.74 Å². The highest BCUT2D eigenvalue weighted by molar-refractivity contribution is 5.94. The van der Waals surface area contributed by atoms with Crippen LogP contribution in [0, 0.1) is 17.8 Å². The van der Waals surface area contributed by atoms with Crippen LogP contribution in [0.5, 0.6) is 5.75 Å². The Morgan fingerprint density at radius 1 is 1.09 bits per heavy atom. The summed E-state index contributed by atoms with van der Waals surface area (Å²) in [4.78, 5) is 42.3. The quantitative estimate of drug-likeness (QED) is 0.511. The van der Waals surface area contributed by atoms with E-state index in [-0.39, 0.29) is 29.7 Å². The van der Waals surface area contributed by atoms with Crippen LogP contribution < -0.4 is 10.1 Å². The second-order valence-electron chi connectivity index (χ2n) is 11.0. The number of ketones is 1. The summed E-state index contributed by atoms with van der Waals surface area (Å²) in [5.74, 6) is 2.00. The van der Waals surface area contributed by atoms with Gasteiger partial charge in [0.25, 0.3) is 0 Å². The molecule has 0 aromatic heterocycles. The van der Waals surface area contributed by atoms with Gasteiger partial charge in [-0.25, -0.2) is 0 Å².